The summed E-state index contributed by atoms with van der Waals surface area (Å²) >= 11 is 1.68. The quantitative estimate of drug-likeness (QED) is 0.559. The van der Waals surface area contributed by atoms with Gasteiger partial charge in [0.2, 0.25) is 0 Å². The molecule has 1 saturated heterocycles. The van der Waals surface area contributed by atoms with Gasteiger partial charge in [-0.25, -0.2) is 4.98 Å². The second-order valence-electron chi connectivity index (χ2n) is 9.19. The highest BCUT2D eigenvalue weighted by atomic mass is 32.1. The van der Waals surface area contributed by atoms with Gasteiger partial charge in [0.1, 0.15) is 0 Å². The SMILES string of the molecule is C=C(CC(C)(C)C)N1CCC(C)C1.C=CNCc1ccc(-c2scnc2C)cc1.CN. The number of hydrogen-bond acceptors (Lipinski definition) is 5. The van der Waals surface area contributed by atoms with Crippen molar-refractivity contribution in [1.29, 1.82) is 0 Å². The first-order valence-corrected chi connectivity index (χ1v) is 11.9. The van der Waals surface area contributed by atoms with E-state index in [1.807, 2.05) is 12.4 Å². The van der Waals surface area contributed by atoms with Crippen LogP contribution in [0.2, 0.25) is 0 Å². The van der Waals surface area contributed by atoms with Gasteiger partial charge in [-0.2, -0.15) is 0 Å². The summed E-state index contributed by atoms with van der Waals surface area (Å²) in [5.74, 6) is 0.858. The molecule has 1 aliphatic heterocycles. The molecule has 0 spiro atoms. The molecular weight excluding hydrogens is 400 g/mol. The minimum atomic E-state index is 0.378. The number of nitrogens with zero attached hydrogens (tertiary/aromatic N) is 2. The fourth-order valence-corrected chi connectivity index (χ4v) is 4.30. The molecule has 0 radical (unpaired) electrons. The topological polar surface area (TPSA) is 54.2 Å². The van der Waals surface area contributed by atoms with Gasteiger partial charge in [-0.3, -0.25) is 0 Å². The molecule has 1 atom stereocenters. The third-order valence-electron chi connectivity index (χ3n) is 5.02. The molecule has 1 unspecified atom stereocenters. The van der Waals surface area contributed by atoms with Crippen LogP contribution in [0.5, 0.6) is 0 Å². The van der Waals surface area contributed by atoms with Crippen LogP contribution in [0.4, 0.5) is 0 Å². The Morgan fingerprint density at radius 1 is 1.29 bits per heavy atom. The third-order valence-corrected chi connectivity index (χ3v) is 6.00. The van der Waals surface area contributed by atoms with Crippen LogP contribution < -0.4 is 11.1 Å². The summed E-state index contributed by atoms with van der Waals surface area (Å²) in [5, 5.41) is 3.08. The van der Waals surface area contributed by atoms with Gasteiger partial charge in [0, 0.05) is 25.3 Å². The molecule has 2 heterocycles. The highest BCUT2D eigenvalue weighted by Gasteiger charge is 2.22. The van der Waals surface area contributed by atoms with E-state index in [2.05, 4.69) is 86.1 Å². The molecular formula is C26H42N4S. The first-order valence-electron chi connectivity index (χ1n) is 11.0. The Morgan fingerprint density at radius 3 is 2.39 bits per heavy atom. The van der Waals surface area contributed by atoms with Gasteiger partial charge >= 0.3 is 0 Å². The van der Waals surface area contributed by atoms with Gasteiger partial charge < -0.3 is 16.0 Å². The Hall–Kier alpha value is -2.11. The summed E-state index contributed by atoms with van der Waals surface area (Å²) in [7, 11) is 1.50. The van der Waals surface area contributed by atoms with E-state index in [9.17, 15) is 0 Å². The molecule has 3 N–H and O–H groups in total. The zero-order chi connectivity index (χ0) is 23.4. The normalized spacial score (nSPS) is 15.3. The van der Waals surface area contributed by atoms with Gasteiger partial charge in [0.15, 0.2) is 0 Å². The number of likely N-dealkylation sites (tertiary alicyclic amines) is 1. The van der Waals surface area contributed by atoms with E-state index in [0.29, 0.717) is 5.41 Å². The lowest BCUT2D eigenvalue weighted by Gasteiger charge is -2.27. The molecule has 0 aliphatic carbocycles. The van der Waals surface area contributed by atoms with E-state index in [0.717, 1.165) is 24.6 Å². The lowest BCUT2D eigenvalue weighted by atomic mass is 9.90. The van der Waals surface area contributed by atoms with Crippen LogP contribution in [0.1, 0.15) is 51.8 Å². The van der Waals surface area contributed by atoms with Crippen molar-refractivity contribution in [3.63, 3.8) is 0 Å². The van der Waals surface area contributed by atoms with Gasteiger partial charge in [-0.1, -0.05) is 65.1 Å². The first-order chi connectivity index (χ1) is 14.7. The van der Waals surface area contributed by atoms with E-state index in [-0.39, 0.29) is 0 Å². The van der Waals surface area contributed by atoms with Gasteiger partial charge in [-0.15, -0.1) is 11.3 Å². The van der Waals surface area contributed by atoms with Gasteiger partial charge in [0.05, 0.1) is 16.1 Å². The number of nitrogens with two attached hydrogens (primary N) is 1. The highest BCUT2D eigenvalue weighted by Crippen LogP contribution is 2.29. The molecule has 0 saturated carbocycles. The fraction of sp³-hybridized carbons (Fsp3) is 0.500. The molecule has 2 aromatic rings. The number of thiazole rings is 1. The molecule has 31 heavy (non-hydrogen) atoms. The molecule has 0 amide bonds. The van der Waals surface area contributed by atoms with Crippen molar-refractivity contribution >= 4 is 11.3 Å². The largest absolute Gasteiger partial charge is 0.387 e. The summed E-state index contributed by atoms with van der Waals surface area (Å²) in [6.45, 7) is 22.3. The molecule has 5 heteroatoms. The van der Waals surface area contributed by atoms with Gasteiger partial charge in [-0.05, 0) is 55.5 Å². The van der Waals surface area contributed by atoms with Crippen molar-refractivity contribution in [3.8, 4) is 10.4 Å². The number of allylic oxidation sites excluding steroid dienone is 1. The van der Waals surface area contributed by atoms with Crippen molar-refractivity contribution in [2.24, 2.45) is 17.1 Å². The second-order valence-corrected chi connectivity index (χ2v) is 10.0. The van der Waals surface area contributed by atoms with Crippen LogP contribution in [0.25, 0.3) is 10.4 Å². The number of aromatic nitrogens is 1. The summed E-state index contributed by atoms with van der Waals surface area (Å²) in [6.07, 6.45) is 4.17. The molecule has 1 aromatic carbocycles. The summed E-state index contributed by atoms with van der Waals surface area (Å²) in [4.78, 5) is 7.97. The average Bonchev–Trinajstić information content (AvgIpc) is 3.36. The van der Waals surface area contributed by atoms with E-state index < -0.39 is 0 Å². The second kappa shape index (κ2) is 13.3. The summed E-state index contributed by atoms with van der Waals surface area (Å²) in [5.41, 5.74) is 11.7. The van der Waals surface area contributed by atoms with Crippen molar-refractivity contribution < 1.29 is 0 Å². The van der Waals surface area contributed by atoms with Crippen molar-refractivity contribution in [2.45, 2.75) is 54.0 Å². The smallest absolute Gasteiger partial charge is 0.0801 e. The predicted octanol–water partition coefficient (Wildman–Crippen LogP) is 6.20. The standard InChI is InChI=1S/C13H14N2S.C12H23N.CH5N/c1-3-14-8-11-4-6-12(7-5-11)13-10(2)15-9-16-13;1-10-6-7-13(9-10)11(2)8-12(3,4)5;1-2/h3-7,9,14H,1,8H2,2H3;10H,2,6-9H2,1,3-5H3;2H2,1H3. The van der Waals surface area contributed by atoms with Crippen LogP contribution in [0.15, 0.2) is 54.8 Å². The van der Waals surface area contributed by atoms with Crippen molar-refractivity contribution in [1.82, 2.24) is 15.2 Å². The minimum Gasteiger partial charge on any atom is -0.387 e. The number of rotatable bonds is 6. The number of nitrogens with one attached hydrogen (secondary N) is 1. The van der Waals surface area contributed by atoms with E-state index in [1.165, 1.54) is 48.3 Å². The Kier molecular flexibility index (Phi) is 11.6. The van der Waals surface area contributed by atoms with Crippen molar-refractivity contribution in [2.75, 3.05) is 20.1 Å². The lowest BCUT2D eigenvalue weighted by Crippen LogP contribution is -2.22. The van der Waals surface area contributed by atoms with E-state index in [1.54, 1.807) is 17.5 Å². The van der Waals surface area contributed by atoms with Crippen LogP contribution in [-0.2, 0) is 6.54 Å². The van der Waals surface area contributed by atoms with E-state index >= 15 is 0 Å². The predicted molar refractivity (Wildman–Crippen MR) is 138 cm³/mol. The van der Waals surface area contributed by atoms with Crippen LogP contribution in [0, 0.1) is 18.3 Å². The maximum atomic E-state index is 4.50. The van der Waals surface area contributed by atoms with Crippen LogP contribution in [0.3, 0.4) is 0 Å². The summed E-state index contributed by atoms with van der Waals surface area (Å²) in [6, 6.07) is 8.54. The summed E-state index contributed by atoms with van der Waals surface area (Å²) < 4.78 is 0. The van der Waals surface area contributed by atoms with Crippen LogP contribution >= 0.6 is 11.3 Å². The molecule has 0 bridgehead atoms. The fourth-order valence-electron chi connectivity index (χ4n) is 3.49. The Morgan fingerprint density at radius 2 is 1.94 bits per heavy atom. The molecule has 3 rings (SSSR count). The average molecular weight is 443 g/mol. The molecule has 1 aromatic heterocycles. The third kappa shape index (κ3) is 9.70. The van der Waals surface area contributed by atoms with Crippen LogP contribution in [-0.4, -0.2) is 30.0 Å². The maximum Gasteiger partial charge on any atom is 0.0801 e. The van der Waals surface area contributed by atoms with Crippen molar-refractivity contribution in [3.05, 3.63) is 66.1 Å². The zero-order valence-corrected chi connectivity index (χ0v) is 21.2. The Bertz CT molecular complexity index is 786. The minimum absolute atomic E-state index is 0.378. The molecule has 1 aliphatic rings. The zero-order valence-electron chi connectivity index (χ0n) is 20.4. The Balaban J connectivity index is 0.000000293. The maximum absolute atomic E-state index is 4.50. The Labute approximate surface area is 194 Å². The number of hydrogen-bond donors (Lipinski definition) is 2. The van der Waals surface area contributed by atoms with E-state index in [4.69, 9.17) is 0 Å². The highest BCUT2D eigenvalue weighted by molar-refractivity contribution is 7.13. The lowest BCUT2D eigenvalue weighted by molar-refractivity contribution is 0.324. The molecule has 172 valence electrons. The van der Waals surface area contributed by atoms with Gasteiger partial charge in [0.25, 0.3) is 0 Å². The molecule has 4 nitrogen and oxygen atoms in total. The first kappa shape index (κ1) is 26.9. The monoisotopic (exact) mass is 442 g/mol. The number of aryl methyl sites for hydroxylation is 1. The number of benzene rings is 1. The molecule has 1 fully saturated rings.